The van der Waals surface area contributed by atoms with Crippen LogP contribution >= 0.6 is 0 Å². The summed E-state index contributed by atoms with van der Waals surface area (Å²) in [6.07, 6.45) is -0.770. The fraction of sp³-hybridized carbons (Fsp3) is 0.350. The minimum atomic E-state index is -2.89. The molecule has 8 heteroatoms. The third kappa shape index (κ3) is 6.70. The smallest absolute Gasteiger partial charge is 0.387 e. The molecule has 6 nitrogen and oxygen atoms in total. The number of rotatable bonds is 9. The zero-order valence-corrected chi connectivity index (χ0v) is 15.9. The monoisotopic (exact) mass is 393 g/mol. The maximum atomic E-state index is 12.5. The number of para-hydroxylation sites is 1. The summed E-state index contributed by atoms with van der Waals surface area (Å²) in [5.74, 6) is 1.21. The van der Waals surface area contributed by atoms with Crippen molar-refractivity contribution in [2.45, 2.75) is 26.2 Å². The number of guanidine groups is 1. The standard InChI is InChI=1S/C20H25F2N3O3/c1-3-23-20(24-12-15-7-4-5-10-18(15)28-19(21)22)25-13-17(26)14-8-6-9-16(11-14)27-2/h4-11,17,19,26H,3,12-13H2,1-2H3,(H2,23,24,25). The van der Waals surface area contributed by atoms with Crippen molar-refractivity contribution in [3.8, 4) is 11.5 Å². The number of nitrogens with one attached hydrogen (secondary N) is 2. The molecule has 1 atom stereocenters. The lowest BCUT2D eigenvalue weighted by Gasteiger charge is -2.16. The second kappa shape index (κ2) is 11.1. The molecule has 28 heavy (non-hydrogen) atoms. The predicted octanol–water partition coefficient (Wildman–Crippen LogP) is 3.09. The van der Waals surface area contributed by atoms with Crippen LogP contribution in [-0.2, 0) is 6.54 Å². The Morgan fingerprint density at radius 1 is 1.14 bits per heavy atom. The Morgan fingerprint density at radius 3 is 2.64 bits per heavy atom. The molecule has 0 aromatic heterocycles. The van der Waals surface area contributed by atoms with Crippen molar-refractivity contribution in [3.05, 3.63) is 59.7 Å². The summed E-state index contributed by atoms with van der Waals surface area (Å²) < 4.78 is 34.7. The van der Waals surface area contributed by atoms with Gasteiger partial charge in [-0.2, -0.15) is 8.78 Å². The van der Waals surface area contributed by atoms with Gasteiger partial charge in [0, 0.05) is 18.7 Å². The van der Waals surface area contributed by atoms with E-state index in [1.807, 2.05) is 6.92 Å². The third-order valence-corrected chi connectivity index (χ3v) is 3.88. The van der Waals surface area contributed by atoms with Crippen LogP contribution in [0.3, 0.4) is 0 Å². The Labute approximate surface area is 163 Å². The molecule has 0 bridgehead atoms. The number of ether oxygens (including phenoxy) is 2. The summed E-state index contributed by atoms with van der Waals surface area (Å²) in [6, 6.07) is 13.7. The summed E-state index contributed by atoms with van der Waals surface area (Å²) in [5, 5.41) is 16.5. The van der Waals surface area contributed by atoms with Gasteiger partial charge in [0.05, 0.1) is 19.8 Å². The summed E-state index contributed by atoms with van der Waals surface area (Å²) in [4.78, 5) is 4.38. The van der Waals surface area contributed by atoms with E-state index < -0.39 is 12.7 Å². The third-order valence-electron chi connectivity index (χ3n) is 3.88. The van der Waals surface area contributed by atoms with Gasteiger partial charge in [0.25, 0.3) is 0 Å². The first-order chi connectivity index (χ1) is 13.5. The van der Waals surface area contributed by atoms with Gasteiger partial charge in [-0.3, -0.25) is 0 Å². The van der Waals surface area contributed by atoms with Gasteiger partial charge in [-0.05, 0) is 30.7 Å². The van der Waals surface area contributed by atoms with Crippen molar-refractivity contribution >= 4 is 5.96 Å². The van der Waals surface area contributed by atoms with Crippen molar-refractivity contribution in [2.75, 3.05) is 20.2 Å². The molecule has 0 radical (unpaired) electrons. The van der Waals surface area contributed by atoms with E-state index in [1.165, 1.54) is 6.07 Å². The van der Waals surface area contributed by atoms with Gasteiger partial charge >= 0.3 is 6.61 Å². The second-order valence-electron chi connectivity index (χ2n) is 5.85. The van der Waals surface area contributed by atoms with Crippen LogP contribution in [0.25, 0.3) is 0 Å². The number of halogens is 2. The van der Waals surface area contributed by atoms with E-state index >= 15 is 0 Å². The summed E-state index contributed by atoms with van der Waals surface area (Å²) >= 11 is 0. The first-order valence-electron chi connectivity index (χ1n) is 8.90. The minimum Gasteiger partial charge on any atom is -0.497 e. The van der Waals surface area contributed by atoms with Gasteiger partial charge in [0.2, 0.25) is 0 Å². The van der Waals surface area contributed by atoms with Crippen molar-refractivity contribution < 1.29 is 23.4 Å². The Hall–Kier alpha value is -2.87. The van der Waals surface area contributed by atoms with Gasteiger partial charge in [-0.15, -0.1) is 0 Å². The van der Waals surface area contributed by atoms with E-state index in [0.717, 1.165) is 0 Å². The second-order valence-corrected chi connectivity index (χ2v) is 5.85. The van der Waals surface area contributed by atoms with Gasteiger partial charge in [0.15, 0.2) is 5.96 Å². The van der Waals surface area contributed by atoms with Crippen molar-refractivity contribution in [1.82, 2.24) is 10.6 Å². The lowest BCUT2D eigenvalue weighted by Crippen LogP contribution is -2.39. The van der Waals surface area contributed by atoms with Gasteiger partial charge in [0.1, 0.15) is 11.5 Å². The highest BCUT2D eigenvalue weighted by Gasteiger charge is 2.11. The molecule has 2 rings (SSSR count). The van der Waals surface area contributed by atoms with Crippen molar-refractivity contribution in [2.24, 2.45) is 4.99 Å². The average molecular weight is 393 g/mol. The van der Waals surface area contributed by atoms with E-state index in [1.54, 1.807) is 49.6 Å². The van der Waals surface area contributed by atoms with Crippen LogP contribution in [0.1, 0.15) is 24.2 Å². The molecule has 0 fully saturated rings. The highest BCUT2D eigenvalue weighted by atomic mass is 19.3. The van der Waals surface area contributed by atoms with Crippen molar-refractivity contribution in [1.29, 1.82) is 0 Å². The topological polar surface area (TPSA) is 75.1 Å². The molecule has 0 aliphatic heterocycles. The van der Waals surface area contributed by atoms with Gasteiger partial charge in [-0.25, -0.2) is 4.99 Å². The molecule has 152 valence electrons. The predicted molar refractivity (Wildman–Crippen MR) is 104 cm³/mol. The lowest BCUT2D eigenvalue weighted by atomic mass is 10.1. The van der Waals surface area contributed by atoms with Crippen LogP contribution in [0.2, 0.25) is 0 Å². The number of benzene rings is 2. The molecule has 1 unspecified atom stereocenters. The Bertz CT molecular complexity index is 772. The number of aliphatic hydroxyl groups is 1. The fourth-order valence-corrected chi connectivity index (χ4v) is 2.51. The Kier molecular flexibility index (Phi) is 8.48. The first-order valence-corrected chi connectivity index (χ1v) is 8.90. The van der Waals surface area contributed by atoms with E-state index in [2.05, 4.69) is 20.4 Å². The molecule has 0 aliphatic carbocycles. The Morgan fingerprint density at radius 2 is 1.93 bits per heavy atom. The van der Waals surface area contributed by atoms with Gasteiger partial charge < -0.3 is 25.2 Å². The van der Waals surface area contributed by atoms with Crippen LogP contribution in [0.4, 0.5) is 8.78 Å². The summed E-state index contributed by atoms with van der Waals surface area (Å²) in [6.45, 7) is -0.0175. The van der Waals surface area contributed by atoms with Crippen LogP contribution < -0.4 is 20.1 Å². The fourth-order valence-electron chi connectivity index (χ4n) is 2.51. The molecule has 0 amide bonds. The Balaban J connectivity index is 2.02. The number of nitrogens with zero attached hydrogens (tertiary/aromatic N) is 1. The zero-order chi connectivity index (χ0) is 20.4. The SMILES string of the molecule is CCNC(=NCc1ccccc1OC(F)F)NCC(O)c1cccc(OC)c1. The highest BCUT2D eigenvalue weighted by Crippen LogP contribution is 2.21. The van der Waals surface area contributed by atoms with Gasteiger partial charge in [-0.1, -0.05) is 30.3 Å². The zero-order valence-electron chi connectivity index (χ0n) is 15.9. The maximum absolute atomic E-state index is 12.5. The quantitative estimate of drug-likeness (QED) is 0.451. The molecule has 0 saturated heterocycles. The largest absolute Gasteiger partial charge is 0.497 e. The molecule has 3 N–H and O–H groups in total. The lowest BCUT2D eigenvalue weighted by molar-refractivity contribution is -0.0504. The number of hydrogen-bond acceptors (Lipinski definition) is 4. The molecule has 2 aromatic carbocycles. The summed E-state index contributed by atoms with van der Waals surface area (Å²) in [7, 11) is 1.56. The maximum Gasteiger partial charge on any atom is 0.387 e. The number of aliphatic imine (C=N–C) groups is 1. The highest BCUT2D eigenvalue weighted by molar-refractivity contribution is 5.79. The molecule has 0 saturated carbocycles. The number of hydrogen-bond donors (Lipinski definition) is 3. The van der Waals surface area contributed by atoms with Crippen LogP contribution in [-0.4, -0.2) is 37.9 Å². The molecule has 0 aliphatic rings. The average Bonchev–Trinajstić information content (AvgIpc) is 2.70. The number of methoxy groups -OCH3 is 1. The molecule has 0 spiro atoms. The van der Waals surface area contributed by atoms with Crippen molar-refractivity contribution in [3.63, 3.8) is 0 Å². The molecule has 0 heterocycles. The normalized spacial score (nSPS) is 12.6. The summed E-state index contributed by atoms with van der Waals surface area (Å²) in [5.41, 5.74) is 1.24. The number of aliphatic hydroxyl groups excluding tert-OH is 1. The first kappa shape index (κ1) is 21.4. The number of alkyl halides is 2. The van der Waals surface area contributed by atoms with Crippen LogP contribution in [0, 0.1) is 0 Å². The minimum absolute atomic E-state index is 0.0912. The van der Waals surface area contributed by atoms with E-state index in [0.29, 0.717) is 29.4 Å². The van der Waals surface area contributed by atoms with E-state index in [-0.39, 0.29) is 18.8 Å². The van der Waals surface area contributed by atoms with Crippen LogP contribution in [0.15, 0.2) is 53.5 Å². The molecular weight excluding hydrogens is 368 g/mol. The molecule has 2 aromatic rings. The van der Waals surface area contributed by atoms with Crippen LogP contribution in [0.5, 0.6) is 11.5 Å². The van der Waals surface area contributed by atoms with E-state index in [9.17, 15) is 13.9 Å². The molecular formula is C20H25F2N3O3. The van der Waals surface area contributed by atoms with E-state index in [4.69, 9.17) is 4.74 Å².